The molecule has 3 aromatic heterocycles. The fourth-order valence-electron chi connectivity index (χ4n) is 5.27. The molecule has 0 radical (unpaired) electrons. The fraction of sp³-hybridized carbons (Fsp3) is 0.0333. The van der Waals surface area contributed by atoms with Gasteiger partial charge in [0.25, 0.3) is 0 Å². The minimum atomic E-state index is 0.439. The van der Waals surface area contributed by atoms with Crippen molar-refractivity contribution in [3.8, 4) is 17.7 Å². The first kappa shape index (κ1) is 19.5. The molecule has 5 nitrogen and oxygen atoms in total. The van der Waals surface area contributed by atoms with Gasteiger partial charge in [-0.1, -0.05) is 72.8 Å². The average Bonchev–Trinajstić information content (AvgIpc) is 3.41. The molecule has 0 spiro atoms. The molecule has 0 aliphatic carbocycles. The van der Waals surface area contributed by atoms with Crippen molar-refractivity contribution in [1.82, 2.24) is 19.1 Å². The van der Waals surface area contributed by atoms with E-state index >= 15 is 0 Å². The molecule has 0 saturated carbocycles. The summed E-state index contributed by atoms with van der Waals surface area (Å²) in [4.78, 5) is 9.67. The normalized spacial score (nSPS) is 11.5. The van der Waals surface area contributed by atoms with Crippen LogP contribution < -0.4 is 0 Å². The number of hydrogen-bond acceptors (Lipinski definition) is 3. The van der Waals surface area contributed by atoms with E-state index in [4.69, 9.17) is 9.97 Å². The highest BCUT2D eigenvalue weighted by Gasteiger charge is 2.23. The van der Waals surface area contributed by atoms with E-state index in [9.17, 15) is 5.26 Å². The highest BCUT2D eigenvalue weighted by atomic mass is 15.1. The van der Waals surface area contributed by atoms with Gasteiger partial charge in [-0.15, -0.1) is 0 Å². The van der Waals surface area contributed by atoms with E-state index in [-0.39, 0.29) is 0 Å². The molecule has 3 heterocycles. The lowest BCUT2D eigenvalue weighted by Crippen LogP contribution is -2.10. The van der Waals surface area contributed by atoms with Crippen LogP contribution in [0.5, 0.6) is 0 Å². The van der Waals surface area contributed by atoms with Gasteiger partial charge in [0.05, 0.1) is 22.1 Å². The van der Waals surface area contributed by atoms with Gasteiger partial charge >= 0.3 is 0 Å². The zero-order valence-corrected chi connectivity index (χ0v) is 19.0. The number of para-hydroxylation sites is 4. The number of fused-ring (bicyclic) bond motifs is 6. The molecule has 164 valence electrons. The number of hydrogen-bond donors (Lipinski definition) is 0. The van der Waals surface area contributed by atoms with Crippen molar-refractivity contribution < 1.29 is 0 Å². The van der Waals surface area contributed by atoms with Crippen LogP contribution in [0.15, 0.2) is 97.1 Å². The number of nitriles is 1. The predicted octanol–water partition coefficient (Wildman–Crippen LogP) is 6.85. The molecule has 0 atom stereocenters. The van der Waals surface area contributed by atoms with Crippen molar-refractivity contribution in [3.05, 3.63) is 108 Å². The van der Waals surface area contributed by atoms with Crippen molar-refractivity contribution in [2.75, 3.05) is 0 Å². The predicted molar refractivity (Wildman–Crippen MR) is 140 cm³/mol. The molecule has 35 heavy (non-hydrogen) atoms. The largest absolute Gasteiger partial charge is 0.293 e. The Morgan fingerprint density at radius 3 is 1.17 bits per heavy atom. The number of benzene rings is 4. The van der Waals surface area contributed by atoms with E-state index < -0.39 is 0 Å². The van der Waals surface area contributed by atoms with Gasteiger partial charge in [0, 0.05) is 21.5 Å². The molecule has 0 amide bonds. The lowest BCUT2D eigenvalue weighted by Gasteiger charge is -2.15. The molecule has 0 aliphatic heterocycles. The van der Waals surface area contributed by atoms with E-state index in [1.807, 2.05) is 55.5 Å². The van der Waals surface area contributed by atoms with Crippen LogP contribution in [-0.2, 0) is 0 Å². The van der Waals surface area contributed by atoms with Gasteiger partial charge in [-0.3, -0.25) is 9.13 Å². The summed E-state index contributed by atoms with van der Waals surface area (Å²) in [6.07, 6.45) is 0. The van der Waals surface area contributed by atoms with Crippen LogP contribution in [0.3, 0.4) is 0 Å². The fourth-order valence-corrected chi connectivity index (χ4v) is 5.27. The lowest BCUT2D eigenvalue weighted by atomic mass is 10.2. The van der Waals surface area contributed by atoms with Crippen LogP contribution in [-0.4, -0.2) is 19.1 Å². The highest BCUT2D eigenvalue weighted by Crippen LogP contribution is 2.36. The Kier molecular flexibility index (Phi) is 4.06. The Morgan fingerprint density at radius 2 is 0.857 bits per heavy atom. The number of nitrogens with zero attached hydrogens (tertiary/aromatic N) is 5. The van der Waals surface area contributed by atoms with E-state index in [0.717, 1.165) is 43.6 Å². The third-order valence-corrected chi connectivity index (χ3v) is 6.68. The quantitative estimate of drug-likeness (QED) is 0.290. The Bertz CT molecular complexity index is 1740. The van der Waals surface area contributed by atoms with Crippen molar-refractivity contribution in [2.24, 2.45) is 0 Å². The van der Waals surface area contributed by atoms with Crippen LogP contribution in [0.2, 0.25) is 0 Å². The lowest BCUT2D eigenvalue weighted by molar-refractivity contribution is 0.930. The second-order valence-corrected chi connectivity index (χ2v) is 8.64. The topological polar surface area (TPSA) is 59.4 Å². The Hall–Kier alpha value is -4.95. The summed E-state index contributed by atoms with van der Waals surface area (Å²) in [6, 6.07) is 35.5. The molecule has 0 fully saturated rings. The summed E-state index contributed by atoms with van der Waals surface area (Å²) >= 11 is 0. The highest BCUT2D eigenvalue weighted by molar-refractivity contribution is 6.10. The second-order valence-electron chi connectivity index (χ2n) is 8.64. The van der Waals surface area contributed by atoms with Crippen molar-refractivity contribution >= 4 is 43.6 Å². The summed E-state index contributed by atoms with van der Waals surface area (Å²) in [7, 11) is 0. The number of aryl methyl sites for hydroxylation is 1. The smallest absolute Gasteiger partial charge is 0.161 e. The number of rotatable bonds is 2. The first-order valence-electron chi connectivity index (χ1n) is 11.5. The molecule has 0 N–H and O–H groups in total. The van der Waals surface area contributed by atoms with E-state index in [1.54, 1.807) is 0 Å². The second kappa shape index (κ2) is 7.28. The van der Waals surface area contributed by atoms with Crippen LogP contribution in [0.1, 0.15) is 11.4 Å². The van der Waals surface area contributed by atoms with Gasteiger partial charge in [-0.2, -0.15) is 5.26 Å². The van der Waals surface area contributed by atoms with E-state index in [1.165, 1.54) is 0 Å². The van der Waals surface area contributed by atoms with Gasteiger partial charge < -0.3 is 0 Å². The zero-order valence-electron chi connectivity index (χ0n) is 19.0. The molecular weight excluding hydrogens is 430 g/mol. The molecule has 4 aromatic carbocycles. The summed E-state index contributed by atoms with van der Waals surface area (Å²) in [6.45, 7) is 1.88. The van der Waals surface area contributed by atoms with Crippen molar-refractivity contribution in [2.45, 2.75) is 6.92 Å². The molecule has 0 bridgehead atoms. The average molecular weight is 450 g/mol. The molecule has 0 aliphatic rings. The van der Waals surface area contributed by atoms with E-state index in [0.29, 0.717) is 23.0 Å². The van der Waals surface area contributed by atoms with Crippen LogP contribution in [0, 0.1) is 18.3 Å². The van der Waals surface area contributed by atoms with Gasteiger partial charge in [-0.05, 0) is 31.2 Å². The van der Waals surface area contributed by atoms with Crippen molar-refractivity contribution in [3.63, 3.8) is 0 Å². The summed E-state index contributed by atoms with van der Waals surface area (Å²) in [5.74, 6) is 1.79. The maximum absolute atomic E-state index is 10.5. The van der Waals surface area contributed by atoms with Gasteiger partial charge in [0.1, 0.15) is 17.5 Å². The van der Waals surface area contributed by atoms with Crippen LogP contribution >= 0.6 is 0 Å². The first-order valence-corrected chi connectivity index (χ1v) is 11.5. The molecule has 7 aromatic rings. The Labute approximate surface area is 201 Å². The third-order valence-electron chi connectivity index (χ3n) is 6.68. The molecule has 0 saturated heterocycles. The third kappa shape index (κ3) is 2.68. The molecule has 5 heteroatoms. The van der Waals surface area contributed by atoms with Crippen LogP contribution in [0.25, 0.3) is 55.2 Å². The molecule has 0 unspecified atom stereocenters. The van der Waals surface area contributed by atoms with Crippen molar-refractivity contribution in [1.29, 1.82) is 5.26 Å². The SMILES string of the molecule is Cc1nc(-n2c3ccccc3c3ccccc32)c(C#N)c(-n2c3ccccc3c3ccccc32)n1. The molecular formula is C30H19N5. The van der Waals surface area contributed by atoms with E-state index in [2.05, 4.69) is 63.7 Å². The standard InChI is InChI=1S/C30H19N5/c1-19-32-29(34-25-14-6-2-10-20(25)21-11-3-7-15-26(21)34)24(18-31)30(33-19)35-27-16-8-4-12-22(27)23-13-5-9-17-28(23)35/h2-17H,1H3. The van der Waals surface area contributed by atoms with Gasteiger partial charge in [-0.25, -0.2) is 9.97 Å². The number of aromatic nitrogens is 4. The first-order chi connectivity index (χ1) is 17.3. The summed E-state index contributed by atoms with van der Waals surface area (Å²) in [5, 5.41) is 15.0. The zero-order chi connectivity index (χ0) is 23.5. The monoisotopic (exact) mass is 449 g/mol. The maximum atomic E-state index is 10.5. The maximum Gasteiger partial charge on any atom is 0.161 e. The Morgan fingerprint density at radius 1 is 0.543 bits per heavy atom. The summed E-state index contributed by atoms with van der Waals surface area (Å²) in [5.41, 5.74) is 4.48. The minimum Gasteiger partial charge on any atom is -0.293 e. The van der Waals surface area contributed by atoms with Crippen LogP contribution in [0.4, 0.5) is 0 Å². The Balaban J connectivity index is 1.66. The molecule has 7 rings (SSSR count). The van der Waals surface area contributed by atoms with Gasteiger partial charge in [0.2, 0.25) is 0 Å². The summed E-state index contributed by atoms with van der Waals surface area (Å²) < 4.78 is 4.19. The van der Waals surface area contributed by atoms with Gasteiger partial charge in [0.15, 0.2) is 11.6 Å². The minimum absolute atomic E-state index is 0.439.